The zero-order chi connectivity index (χ0) is 21.9. The van der Waals surface area contributed by atoms with Gasteiger partial charge < -0.3 is 15.8 Å². The fourth-order valence-electron chi connectivity index (χ4n) is 3.30. The lowest BCUT2D eigenvalue weighted by atomic mass is 10.0. The minimum atomic E-state index is -4.26. The van der Waals surface area contributed by atoms with Crippen molar-refractivity contribution in [2.45, 2.75) is 32.0 Å². The lowest BCUT2D eigenvalue weighted by molar-refractivity contribution is -0.132. The van der Waals surface area contributed by atoms with E-state index in [1.54, 1.807) is 23.9 Å². The highest BCUT2D eigenvalue weighted by molar-refractivity contribution is 6.11. The highest BCUT2D eigenvalue weighted by Crippen LogP contribution is 2.32. The number of carbonyl (C=O) groups excluding carboxylic acids is 1. The Bertz CT molecular complexity index is 981. The molecule has 30 heavy (non-hydrogen) atoms. The van der Waals surface area contributed by atoms with Crippen LogP contribution in [0.1, 0.15) is 25.3 Å². The fraction of sp³-hybridized carbons (Fsp3) is 0.450. The van der Waals surface area contributed by atoms with Crippen LogP contribution >= 0.6 is 0 Å². The maximum absolute atomic E-state index is 12.3. The molecule has 0 bridgehead atoms. The average Bonchev–Trinajstić information content (AvgIpc) is 3.26. The van der Waals surface area contributed by atoms with Crippen molar-refractivity contribution in [1.82, 2.24) is 15.1 Å². The summed E-state index contributed by atoms with van der Waals surface area (Å²) in [5.74, 6) is 0.603. The Kier molecular flexibility index (Phi) is 6.33. The minimum Gasteiger partial charge on any atom is -0.490 e. The molecule has 0 spiro atoms. The second-order valence-corrected chi connectivity index (χ2v) is 7.32. The number of hydrogen-bond acceptors (Lipinski definition) is 5. The van der Waals surface area contributed by atoms with Gasteiger partial charge in [-0.2, -0.15) is 18.3 Å². The molecule has 1 aliphatic rings. The quantitative estimate of drug-likeness (QED) is 0.670. The number of carbonyl (C=O) groups is 1. The summed E-state index contributed by atoms with van der Waals surface area (Å²) >= 11 is 0. The van der Waals surface area contributed by atoms with E-state index < -0.39 is 12.6 Å². The number of amides is 1. The lowest BCUT2D eigenvalue weighted by Gasteiger charge is -2.20. The summed E-state index contributed by atoms with van der Waals surface area (Å²) in [4.78, 5) is 15.4. The number of nitrogens with one attached hydrogen (secondary N) is 1. The molecule has 2 heterocycles. The fourth-order valence-corrected chi connectivity index (χ4v) is 3.30. The van der Waals surface area contributed by atoms with E-state index in [4.69, 9.17) is 10.5 Å². The number of ether oxygens (including phenoxy) is 1. The number of fused-ring (bicyclic) bond motifs is 1. The average molecular weight is 423 g/mol. The first-order valence-electron chi connectivity index (χ1n) is 9.56. The van der Waals surface area contributed by atoms with Crippen molar-refractivity contribution in [2.24, 2.45) is 23.7 Å². The van der Waals surface area contributed by atoms with Gasteiger partial charge in [-0.05, 0) is 24.6 Å². The second kappa shape index (κ2) is 8.76. The van der Waals surface area contributed by atoms with Gasteiger partial charge in [0.15, 0.2) is 0 Å². The van der Waals surface area contributed by atoms with E-state index in [0.717, 1.165) is 5.39 Å². The van der Waals surface area contributed by atoms with Crippen molar-refractivity contribution in [3.63, 3.8) is 0 Å². The van der Waals surface area contributed by atoms with Gasteiger partial charge in [-0.25, -0.2) is 0 Å². The van der Waals surface area contributed by atoms with Crippen molar-refractivity contribution in [3.05, 3.63) is 30.1 Å². The van der Waals surface area contributed by atoms with Crippen LogP contribution < -0.4 is 15.8 Å². The zero-order valence-corrected chi connectivity index (χ0v) is 16.7. The van der Waals surface area contributed by atoms with Gasteiger partial charge in [-0.3, -0.25) is 14.5 Å². The molecule has 2 atom stereocenters. The third-order valence-electron chi connectivity index (χ3n) is 4.95. The maximum Gasteiger partial charge on any atom is 0.390 e. The van der Waals surface area contributed by atoms with E-state index in [1.165, 1.54) is 12.4 Å². The molecule has 1 aromatic carbocycles. The number of nitrogens with zero attached hydrogens (tertiary/aromatic N) is 3. The molecule has 1 amide bonds. The Morgan fingerprint density at radius 2 is 2.27 bits per heavy atom. The van der Waals surface area contributed by atoms with Gasteiger partial charge >= 0.3 is 6.18 Å². The Morgan fingerprint density at radius 1 is 1.50 bits per heavy atom. The maximum atomic E-state index is 12.3. The van der Waals surface area contributed by atoms with Crippen LogP contribution in [0.5, 0.6) is 5.75 Å². The first kappa shape index (κ1) is 21.7. The van der Waals surface area contributed by atoms with Gasteiger partial charge in [-0.15, -0.1) is 0 Å². The normalized spacial score (nSPS) is 18.9. The third-order valence-corrected chi connectivity index (χ3v) is 4.95. The molecule has 1 aliphatic heterocycles. The molecule has 0 radical (unpaired) electrons. The minimum absolute atomic E-state index is 0.000792. The van der Waals surface area contributed by atoms with Crippen molar-refractivity contribution in [1.29, 1.82) is 0 Å². The molecule has 162 valence electrons. The third kappa shape index (κ3) is 5.31. The Balaban J connectivity index is 1.86. The molecule has 7 nitrogen and oxygen atoms in total. The van der Waals surface area contributed by atoms with E-state index in [9.17, 15) is 18.0 Å². The molecule has 1 saturated heterocycles. The molecule has 0 aliphatic carbocycles. The number of aromatic nitrogens is 2. The molecule has 2 aromatic rings. The van der Waals surface area contributed by atoms with Crippen LogP contribution in [0.2, 0.25) is 0 Å². The van der Waals surface area contributed by atoms with Crippen LogP contribution in [0, 0.1) is 5.92 Å². The van der Waals surface area contributed by atoms with E-state index in [-0.39, 0.29) is 24.5 Å². The summed E-state index contributed by atoms with van der Waals surface area (Å²) in [7, 11) is 1.78. The van der Waals surface area contributed by atoms with Crippen molar-refractivity contribution in [3.8, 4) is 5.75 Å². The van der Waals surface area contributed by atoms with Crippen molar-refractivity contribution >= 4 is 28.6 Å². The van der Waals surface area contributed by atoms with Crippen LogP contribution in [0.4, 0.5) is 13.2 Å². The first-order chi connectivity index (χ1) is 14.2. The summed E-state index contributed by atoms with van der Waals surface area (Å²) in [6, 6.07) is 3.54. The van der Waals surface area contributed by atoms with E-state index in [0.29, 0.717) is 35.4 Å². The first-order valence-corrected chi connectivity index (χ1v) is 9.56. The number of benzene rings is 1. The predicted octanol–water partition coefficient (Wildman–Crippen LogP) is 2.80. The largest absolute Gasteiger partial charge is 0.490 e. The zero-order valence-electron chi connectivity index (χ0n) is 16.7. The summed E-state index contributed by atoms with van der Waals surface area (Å²) in [6.45, 7) is 2.07. The summed E-state index contributed by atoms with van der Waals surface area (Å²) < 4.78 is 44.8. The molecule has 0 unspecified atom stereocenters. The van der Waals surface area contributed by atoms with Gasteiger partial charge in [-0.1, -0.05) is 0 Å². The number of allylic oxidation sites excluding steroid dienone is 1. The molecule has 0 saturated carbocycles. The van der Waals surface area contributed by atoms with E-state index in [2.05, 4.69) is 15.4 Å². The number of alkyl halides is 3. The van der Waals surface area contributed by atoms with E-state index >= 15 is 0 Å². The number of aliphatic imine (C=N–C) groups is 1. The Labute approximate surface area is 171 Å². The van der Waals surface area contributed by atoms with Gasteiger partial charge in [0.05, 0.1) is 17.3 Å². The van der Waals surface area contributed by atoms with Crippen LogP contribution in [0.25, 0.3) is 16.5 Å². The monoisotopic (exact) mass is 423 g/mol. The number of rotatable bonds is 7. The standard InChI is InChI=1S/C20H24F3N5O2/c1-12(14-7-19(29)26-10-14)30-18-6-13(5-17-16(18)11-28(2)27-17)15(8-24)9-25-4-3-20(21,22)23/h5-6,8-9,11-12,14H,3-4,7,10,24H2,1-2H3,(H,26,29)/t12-,14-/m1/s1. The van der Waals surface area contributed by atoms with Crippen molar-refractivity contribution < 1.29 is 22.7 Å². The van der Waals surface area contributed by atoms with Gasteiger partial charge in [0.2, 0.25) is 5.91 Å². The highest BCUT2D eigenvalue weighted by atomic mass is 19.4. The molecule has 10 heteroatoms. The number of halogens is 3. The van der Waals surface area contributed by atoms with Crippen LogP contribution in [0.3, 0.4) is 0 Å². The van der Waals surface area contributed by atoms with Gasteiger partial charge in [0.25, 0.3) is 0 Å². The van der Waals surface area contributed by atoms with Gasteiger partial charge in [0, 0.05) is 56.7 Å². The Morgan fingerprint density at radius 3 is 2.90 bits per heavy atom. The highest BCUT2D eigenvalue weighted by Gasteiger charge is 2.28. The van der Waals surface area contributed by atoms with Crippen LogP contribution in [0.15, 0.2) is 29.5 Å². The number of hydrogen-bond donors (Lipinski definition) is 2. The van der Waals surface area contributed by atoms with Gasteiger partial charge in [0.1, 0.15) is 11.9 Å². The molecular weight excluding hydrogens is 399 g/mol. The molecular formula is C20H24F3N5O2. The Hall–Kier alpha value is -3.04. The van der Waals surface area contributed by atoms with Crippen molar-refractivity contribution in [2.75, 3.05) is 13.1 Å². The molecule has 1 aromatic heterocycles. The number of aryl methyl sites for hydroxylation is 1. The summed E-state index contributed by atoms with van der Waals surface area (Å²) in [5, 5.41) is 7.99. The molecule has 1 fully saturated rings. The predicted molar refractivity (Wildman–Crippen MR) is 108 cm³/mol. The van der Waals surface area contributed by atoms with Crippen LogP contribution in [-0.4, -0.2) is 47.3 Å². The summed E-state index contributed by atoms with van der Waals surface area (Å²) in [6.07, 6.45) is -0.658. The summed E-state index contributed by atoms with van der Waals surface area (Å²) in [5.41, 5.74) is 7.44. The molecule has 3 N–H and O–H groups in total. The second-order valence-electron chi connectivity index (χ2n) is 7.32. The topological polar surface area (TPSA) is 94.5 Å². The SMILES string of the molecule is C[C@@H](Oc1cc(C(C=NCCC(F)(F)F)=CN)cc2nn(C)cc12)[C@H]1CNC(=O)C1. The smallest absolute Gasteiger partial charge is 0.390 e. The molecule has 3 rings (SSSR count). The van der Waals surface area contributed by atoms with Crippen LogP contribution in [-0.2, 0) is 11.8 Å². The lowest BCUT2D eigenvalue weighted by Crippen LogP contribution is -2.25. The number of nitrogens with two attached hydrogens (primary N) is 1. The van der Waals surface area contributed by atoms with E-state index in [1.807, 2.05) is 13.1 Å².